The molecule has 0 fully saturated rings. The van der Waals surface area contributed by atoms with E-state index in [-0.39, 0.29) is 23.1 Å². The summed E-state index contributed by atoms with van der Waals surface area (Å²) < 4.78 is 0.724. The van der Waals surface area contributed by atoms with Crippen molar-refractivity contribution < 1.29 is 15.1 Å². The quantitative estimate of drug-likeness (QED) is 0.210. The Balaban J connectivity index is 2.37. The molecule has 19 heavy (non-hydrogen) atoms. The molecular weight excluding hydrogens is 314 g/mol. The average Bonchev–Trinajstić information content (AvgIpc) is 2.40. The van der Waals surface area contributed by atoms with Gasteiger partial charge < -0.3 is 21.4 Å². The summed E-state index contributed by atoms with van der Waals surface area (Å²) in [5.74, 6) is -0.212. The van der Waals surface area contributed by atoms with E-state index in [0.29, 0.717) is 25.8 Å². The number of unbranched alkanes of at least 4 members (excludes halogenated alkanes) is 1. The molecule has 5 N–H and O–H groups in total. The maximum Gasteiger partial charge on any atom is 0.255 e. The molecule has 6 nitrogen and oxygen atoms in total. The number of phenols is 1. The SMILES string of the molecule is N/C(CCCCNC(=O)c1cc(Br)ccc1O)=N/O. The number of rotatable bonds is 6. The van der Waals surface area contributed by atoms with E-state index in [0.717, 1.165) is 4.47 Å². The molecule has 0 saturated heterocycles. The monoisotopic (exact) mass is 329 g/mol. The molecular formula is C12H16BrN3O3. The Morgan fingerprint density at radius 1 is 1.42 bits per heavy atom. The van der Waals surface area contributed by atoms with Gasteiger partial charge >= 0.3 is 0 Å². The van der Waals surface area contributed by atoms with Gasteiger partial charge in [0.05, 0.1) is 5.56 Å². The average molecular weight is 330 g/mol. The number of aromatic hydroxyl groups is 1. The van der Waals surface area contributed by atoms with Crippen LogP contribution in [0.15, 0.2) is 27.8 Å². The van der Waals surface area contributed by atoms with Crippen molar-refractivity contribution in [2.45, 2.75) is 19.3 Å². The largest absolute Gasteiger partial charge is 0.507 e. The zero-order valence-corrected chi connectivity index (χ0v) is 11.9. The molecule has 1 aromatic carbocycles. The van der Waals surface area contributed by atoms with Crippen LogP contribution in [0.2, 0.25) is 0 Å². The molecule has 0 aliphatic carbocycles. The zero-order valence-electron chi connectivity index (χ0n) is 10.3. The van der Waals surface area contributed by atoms with Gasteiger partial charge in [-0.05, 0) is 31.0 Å². The second-order valence-electron chi connectivity index (χ2n) is 3.97. The van der Waals surface area contributed by atoms with E-state index in [1.165, 1.54) is 6.07 Å². The number of halogens is 1. The number of nitrogens with zero attached hydrogens (tertiary/aromatic N) is 1. The number of nitrogens with one attached hydrogen (secondary N) is 1. The number of phenolic OH excluding ortho intramolecular Hbond substituents is 1. The van der Waals surface area contributed by atoms with E-state index in [9.17, 15) is 9.90 Å². The van der Waals surface area contributed by atoms with Gasteiger partial charge in [0.15, 0.2) is 0 Å². The molecule has 0 saturated carbocycles. The van der Waals surface area contributed by atoms with E-state index in [4.69, 9.17) is 10.9 Å². The van der Waals surface area contributed by atoms with E-state index in [2.05, 4.69) is 26.4 Å². The molecule has 1 amide bonds. The van der Waals surface area contributed by atoms with Gasteiger partial charge in [-0.25, -0.2) is 0 Å². The van der Waals surface area contributed by atoms with Crippen LogP contribution in [0.1, 0.15) is 29.6 Å². The van der Waals surface area contributed by atoms with E-state index in [1.54, 1.807) is 12.1 Å². The summed E-state index contributed by atoms with van der Waals surface area (Å²) in [6.45, 7) is 0.462. The molecule has 0 aliphatic heterocycles. The molecule has 0 atom stereocenters. The topological polar surface area (TPSA) is 108 Å². The van der Waals surface area contributed by atoms with Crippen LogP contribution in [-0.2, 0) is 0 Å². The fraction of sp³-hybridized carbons (Fsp3) is 0.333. The number of benzene rings is 1. The first-order valence-electron chi connectivity index (χ1n) is 5.77. The van der Waals surface area contributed by atoms with E-state index >= 15 is 0 Å². The van der Waals surface area contributed by atoms with Gasteiger partial charge in [0.1, 0.15) is 11.6 Å². The third-order valence-electron chi connectivity index (χ3n) is 2.48. The highest BCUT2D eigenvalue weighted by atomic mass is 79.9. The van der Waals surface area contributed by atoms with Gasteiger partial charge in [0.2, 0.25) is 0 Å². The second-order valence-corrected chi connectivity index (χ2v) is 4.88. The molecule has 1 rings (SSSR count). The van der Waals surface area contributed by atoms with Gasteiger partial charge in [-0.15, -0.1) is 0 Å². The van der Waals surface area contributed by atoms with Crippen LogP contribution in [0, 0.1) is 0 Å². The van der Waals surface area contributed by atoms with Crippen LogP contribution < -0.4 is 11.1 Å². The molecule has 104 valence electrons. The Bertz CT molecular complexity index is 477. The smallest absolute Gasteiger partial charge is 0.255 e. The molecule has 0 unspecified atom stereocenters. The van der Waals surface area contributed by atoms with Crippen molar-refractivity contribution in [3.05, 3.63) is 28.2 Å². The number of oxime groups is 1. The molecule has 0 spiro atoms. The minimum Gasteiger partial charge on any atom is -0.507 e. The van der Waals surface area contributed by atoms with Crippen molar-refractivity contribution in [1.82, 2.24) is 5.32 Å². The van der Waals surface area contributed by atoms with Crippen LogP contribution in [0.5, 0.6) is 5.75 Å². The highest BCUT2D eigenvalue weighted by Gasteiger charge is 2.10. The Labute approximate surface area is 119 Å². The number of carbonyl (C=O) groups excluding carboxylic acids is 1. The molecule has 0 heterocycles. The molecule has 1 aromatic rings. The fourth-order valence-electron chi connectivity index (χ4n) is 1.47. The lowest BCUT2D eigenvalue weighted by Gasteiger charge is -2.07. The fourth-order valence-corrected chi connectivity index (χ4v) is 1.83. The summed E-state index contributed by atoms with van der Waals surface area (Å²) in [4.78, 5) is 11.8. The minimum atomic E-state index is -0.331. The zero-order chi connectivity index (χ0) is 14.3. The number of nitrogens with two attached hydrogens (primary N) is 1. The molecule has 0 bridgehead atoms. The first-order valence-corrected chi connectivity index (χ1v) is 6.57. The predicted molar refractivity (Wildman–Crippen MR) is 75.4 cm³/mol. The number of carbonyl (C=O) groups is 1. The minimum absolute atomic E-state index is 0.0580. The Morgan fingerprint density at radius 2 is 2.16 bits per heavy atom. The van der Waals surface area contributed by atoms with E-state index in [1.807, 2.05) is 0 Å². The van der Waals surface area contributed by atoms with Crippen molar-refractivity contribution in [3.8, 4) is 5.75 Å². The molecule has 7 heteroatoms. The van der Waals surface area contributed by atoms with E-state index < -0.39 is 0 Å². The first-order chi connectivity index (χ1) is 9.04. The van der Waals surface area contributed by atoms with Crippen LogP contribution in [0.4, 0.5) is 0 Å². The van der Waals surface area contributed by atoms with Gasteiger partial charge in [0.25, 0.3) is 5.91 Å². The summed E-state index contributed by atoms with van der Waals surface area (Å²) in [5.41, 5.74) is 5.54. The highest BCUT2D eigenvalue weighted by molar-refractivity contribution is 9.10. The third-order valence-corrected chi connectivity index (χ3v) is 2.97. The summed E-state index contributed by atoms with van der Waals surface area (Å²) in [6, 6.07) is 4.67. The van der Waals surface area contributed by atoms with Crippen molar-refractivity contribution in [3.63, 3.8) is 0 Å². The number of amides is 1. The summed E-state index contributed by atoms with van der Waals surface area (Å²) >= 11 is 3.24. The number of hydrogen-bond acceptors (Lipinski definition) is 4. The lowest BCUT2D eigenvalue weighted by Crippen LogP contribution is -2.24. The van der Waals surface area contributed by atoms with Crippen molar-refractivity contribution in [1.29, 1.82) is 0 Å². The van der Waals surface area contributed by atoms with Gasteiger partial charge in [-0.3, -0.25) is 4.79 Å². The first kappa shape index (κ1) is 15.3. The summed E-state index contributed by atoms with van der Waals surface area (Å²) in [7, 11) is 0. The maximum atomic E-state index is 11.8. The predicted octanol–water partition coefficient (Wildman–Crippen LogP) is 1.80. The lowest BCUT2D eigenvalue weighted by atomic mass is 10.2. The Hall–Kier alpha value is -1.76. The van der Waals surface area contributed by atoms with Crippen molar-refractivity contribution >= 4 is 27.7 Å². The Kier molecular flexibility index (Phi) is 6.14. The summed E-state index contributed by atoms with van der Waals surface area (Å²) in [5, 5.41) is 23.5. The normalized spacial score (nSPS) is 11.3. The van der Waals surface area contributed by atoms with Gasteiger partial charge in [0, 0.05) is 17.4 Å². The lowest BCUT2D eigenvalue weighted by molar-refractivity contribution is 0.0950. The van der Waals surface area contributed by atoms with Crippen molar-refractivity contribution in [2.75, 3.05) is 6.54 Å². The van der Waals surface area contributed by atoms with Crippen LogP contribution in [0.25, 0.3) is 0 Å². The third kappa shape index (κ3) is 5.17. The van der Waals surface area contributed by atoms with Gasteiger partial charge in [-0.1, -0.05) is 21.1 Å². The maximum absolute atomic E-state index is 11.8. The Morgan fingerprint density at radius 3 is 2.84 bits per heavy atom. The molecule has 0 radical (unpaired) electrons. The van der Waals surface area contributed by atoms with Crippen LogP contribution in [-0.4, -0.2) is 28.6 Å². The second kappa shape index (κ2) is 7.63. The molecule has 0 aliphatic rings. The molecule has 0 aromatic heterocycles. The summed E-state index contributed by atoms with van der Waals surface area (Å²) in [6.07, 6.45) is 1.89. The highest BCUT2D eigenvalue weighted by Crippen LogP contribution is 2.21. The van der Waals surface area contributed by atoms with Crippen molar-refractivity contribution in [2.24, 2.45) is 10.9 Å². The number of amidine groups is 1. The number of hydrogen-bond donors (Lipinski definition) is 4. The van der Waals surface area contributed by atoms with Crippen LogP contribution in [0.3, 0.4) is 0 Å². The van der Waals surface area contributed by atoms with Crippen LogP contribution >= 0.6 is 15.9 Å². The standard InChI is InChI=1S/C12H16BrN3O3/c13-8-4-5-10(17)9(7-8)12(18)15-6-2-1-3-11(14)16-19/h4-5,7,17,19H,1-3,6H2,(H2,14,16)(H,15,18). The van der Waals surface area contributed by atoms with Gasteiger partial charge in [-0.2, -0.15) is 0 Å².